The van der Waals surface area contributed by atoms with Gasteiger partial charge in [0.2, 0.25) is 5.95 Å². The molecule has 0 unspecified atom stereocenters. The van der Waals surface area contributed by atoms with Crippen molar-refractivity contribution in [2.75, 3.05) is 55.9 Å². The molecule has 2 aromatic rings. The van der Waals surface area contributed by atoms with Gasteiger partial charge in [0.15, 0.2) is 11.5 Å². The smallest absolute Gasteiger partial charge is 0.319 e. The highest BCUT2D eigenvalue weighted by molar-refractivity contribution is 5.89. The molecule has 3 N–H and O–H groups in total. The Bertz CT molecular complexity index is 855. The molecular weight excluding hydrogens is 384 g/mol. The van der Waals surface area contributed by atoms with Crippen LogP contribution in [-0.4, -0.2) is 56.4 Å². The number of carbonyl (C=O) groups excluding carboxylic acids is 1. The number of benzene rings is 1. The Labute approximate surface area is 177 Å². The molecule has 0 bridgehead atoms. The summed E-state index contributed by atoms with van der Waals surface area (Å²) < 4.78 is 10.4. The topological polar surface area (TPSA) is 101 Å². The molecule has 9 heteroatoms. The Kier molecular flexibility index (Phi) is 7.53. The van der Waals surface area contributed by atoms with Gasteiger partial charge in [-0.05, 0) is 38.3 Å². The molecule has 162 valence electrons. The third-order valence-electron chi connectivity index (χ3n) is 4.86. The van der Waals surface area contributed by atoms with Crippen molar-refractivity contribution in [2.24, 2.45) is 0 Å². The van der Waals surface area contributed by atoms with Crippen molar-refractivity contribution in [3.8, 4) is 11.5 Å². The third-order valence-corrected chi connectivity index (χ3v) is 4.86. The molecule has 2 amide bonds. The maximum Gasteiger partial charge on any atom is 0.319 e. The van der Waals surface area contributed by atoms with Crippen LogP contribution < -0.4 is 30.3 Å². The largest absolute Gasteiger partial charge is 0.493 e. The number of piperidine rings is 1. The quantitative estimate of drug-likeness (QED) is 0.571. The number of hydrogen-bond acceptors (Lipinski definition) is 7. The molecule has 1 aromatic heterocycles. The van der Waals surface area contributed by atoms with Gasteiger partial charge in [-0.3, -0.25) is 0 Å². The van der Waals surface area contributed by atoms with Crippen LogP contribution in [0, 0.1) is 6.92 Å². The van der Waals surface area contributed by atoms with Crippen LogP contribution in [0.2, 0.25) is 0 Å². The van der Waals surface area contributed by atoms with Crippen molar-refractivity contribution in [3.05, 3.63) is 30.0 Å². The van der Waals surface area contributed by atoms with Crippen LogP contribution in [0.25, 0.3) is 0 Å². The lowest BCUT2D eigenvalue weighted by atomic mass is 10.1. The molecule has 3 rings (SSSR count). The number of amides is 2. The molecule has 1 aliphatic heterocycles. The average molecular weight is 415 g/mol. The Morgan fingerprint density at radius 2 is 1.80 bits per heavy atom. The molecular formula is C21H30N6O3. The Morgan fingerprint density at radius 1 is 1.03 bits per heavy atom. The first-order valence-electron chi connectivity index (χ1n) is 10.2. The van der Waals surface area contributed by atoms with Gasteiger partial charge in [-0.1, -0.05) is 0 Å². The van der Waals surface area contributed by atoms with Crippen LogP contribution in [0.15, 0.2) is 24.3 Å². The van der Waals surface area contributed by atoms with E-state index in [9.17, 15) is 4.79 Å². The summed E-state index contributed by atoms with van der Waals surface area (Å²) in [4.78, 5) is 23.5. The average Bonchev–Trinajstić information content (AvgIpc) is 2.77. The molecule has 0 aliphatic carbocycles. The van der Waals surface area contributed by atoms with Crippen molar-refractivity contribution in [2.45, 2.75) is 26.2 Å². The highest BCUT2D eigenvalue weighted by Crippen LogP contribution is 2.29. The fourth-order valence-electron chi connectivity index (χ4n) is 3.36. The van der Waals surface area contributed by atoms with Crippen molar-refractivity contribution >= 4 is 23.5 Å². The van der Waals surface area contributed by atoms with Gasteiger partial charge in [0.25, 0.3) is 0 Å². The Balaban J connectivity index is 1.46. The minimum atomic E-state index is -0.303. The number of aromatic nitrogens is 2. The summed E-state index contributed by atoms with van der Waals surface area (Å²) in [6.45, 7) is 4.98. The molecule has 1 saturated heterocycles. The summed E-state index contributed by atoms with van der Waals surface area (Å²) in [5, 5.41) is 8.78. The van der Waals surface area contributed by atoms with Gasteiger partial charge < -0.3 is 30.3 Å². The number of carbonyl (C=O) groups is 1. The highest BCUT2D eigenvalue weighted by atomic mass is 16.5. The predicted molar refractivity (Wildman–Crippen MR) is 118 cm³/mol. The number of aryl methyl sites for hydroxylation is 1. The molecule has 1 aromatic carbocycles. The van der Waals surface area contributed by atoms with Crippen molar-refractivity contribution in [1.29, 1.82) is 0 Å². The second kappa shape index (κ2) is 10.5. The Morgan fingerprint density at radius 3 is 2.53 bits per heavy atom. The van der Waals surface area contributed by atoms with E-state index in [1.807, 2.05) is 13.0 Å². The first-order valence-corrected chi connectivity index (χ1v) is 10.2. The van der Waals surface area contributed by atoms with E-state index in [-0.39, 0.29) is 6.03 Å². The van der Waals surface area contributed by atoms with Crippen LogP contribution in [0.5, 0.6) is 11.5 Å². The molecule has 9 nitrogen and oxygen atoms in total. The van der Waals surface area contributed by atoms with Gasteiger partial charge in [0.1, 0.15) is 5.82 Å². The van der Waals surface area contributed by atoms with E-state index in [1.165, 1.54) is 19.3 Å². The second-order valence-electron chi connectivity index (χ2n) is 7.12. The lowest BCUT2D eigenvalue weighted by Gasteiger charge is -2.28. The van der Waals surface area contributed by atoms with Crippen LogP contribution in [0.4, 0.5) is 22.2 Å². The van der Waals surface area contributed by atoms with E-state index >= 15 is 0 Å². The number of nitrogens with zero attached hydrogens (tertiary/aromatic N) is 3. The van der Waals surface area contributed by atoms with E-state index in [1.54, 1.807) is 32.4 Å². The van der Waals surface area contributed by atoms with Crippen molar-refractivity contribution < 1.29 is 14.3 Å². The first kappa shape index (κ1) is 21.5. The SMILES string of the molecule is COc1ccc(NC(=O)NCCNc2nc(C)cc(N3CCCCC3)n2)cc1OC. The van der Waals surface area contributed by atoms with E-state index in [0.717, 1.165) is 24.6 Å². The van der Waals surface area contributed by atoms with Crippen LogP contribution in [-0.2, 0) is 0 Å². The number of urea groups is 1. The first-order chi connectivity index (χ1) is 14.6. The Hall–Kier alpha value is -3.23. The van der Waals surface area contributed by atoms with E-state index in [4.69, 9.17) is 9.47 Å². The van der Waals surface area contributed by atoms with Gasteiger partial charge in [0, 0.05) is 49.7 Å². The maximum absolute atomic E-state index is 12.1. The zero-order valence-electron chi connectivity index (χ0n) is 17.8. The number of anilines is 3. The lowest BCUT2D eigenvalue weighted by molar-refractivity contribution is 0.252. The molecule has 1 fully saturated rings. The minimum absolute atomic E-state index is 0.303. The fraction of sp³-hybridized carbons (Fsp3) is 0.476. The van der Waals surface area contributed by atoms with E-state index in [2.05, 4.69) is 30.8 Å². The summed E-state index contributed by atoms with van der Waals surface area (Å²) in [7, 11) is 3.12. The maximum atomic E-state index is 12.1. The number of ether oxygens (including phenoxy) is 2. The second-order valence-corrected chi connectivity index (χ2v) is 7.12. The fourth-order valence-corrected chi connectivity index (χ4v) is 3.36. The van der Waals surface area contributed by atoms with Crippen LogP contribution in [0.1, 0.15) is 25.0 Å². The number of methoxy groups -OCH3 is 2. The molecule has 2 heterocycles. The molecule has 0 atom stereocenters. The molecule has 1 aliphatic rings. The summed E-state index contributed by atoms with van der Waals surface area (Å²) in [5.74, 6) is 2.70. The standard InChI is InChI=1S/C21H30N6O3/c1-15-13-19(27-11-5-4-6-12-27)26-20(24-15)22-9-10-23-21(28)25-16-7-8-17(29-2)18(14-16)30-3/h7-8,13-14H,4-6,9-12H2,1-3H3,(H,22,24,26)(H2,23,25,28). The minimum Gasteiger partial charge on any atom is -0.493 e. The van der Waals surface area contributed by atoms with E-state index < -0.39 is 0 Å². The van der Waals surface area contributed by atoms with Crippen molar-refractivity contribution in [3.63, 3.8) is 0 Å². The van der Waals surface area contributed by atoms with Gasteiger partial charge in [-0.2, -0.15) is 4.98 Å². The zero-order chi connectivity index (χ0) is 21.3. The van der Waals surface area contributed by atoms with Crippen LogP contribution in [0.3, 0.4) is 0 Å². The normalized spacial score (nSPS) is 13.5. The van der Waals surface area contributed by atoms with E-state index in [0.29, 0.717) is 36.2 Å². The summed E-state index contributed by atoms with van der Waals surface area (Å²) in [5.41, 5.74) is 1.54. The molecule has 30 heavy (non-hydrogen) atoms. The highest BCUT2D eigenvalue weighted by Gasteiger charge is 2.14. The summed E-state index contributed by atoms with van der Waals surface area (Å²) in [6, 6.07) is 6.92. The monoisotopic (exact) mass is 414 g/mol. The third kappa shape index (κ3) is 5.88. The number of nitrogens with one attached hydrogen (secondary N) is 3. The number of rotatable bonds is 8. The van der Waals surface area contributed by atoms with Crippen LogP contribution >= 0.6 is 0 Å². The van der Waals surface area contributed by atoms with Gasteiger partial charge in [0.05, 0.1) is 14.2 Å². The van der Waals surface area contributed by atoms with Gasteiger partial charge >= 0.3 is 6.03 Å². The van der Waals surface area contributed by atoms with Gasteiger partial charge in [-0.25, -0.2) is 9.78 Å². The summed E-state index contributed by atoms with van der Waals surface area (Å²) in [6.07, 6.45) is 3.68. The molecule has 0 saturated carbocycles. The number of hydrogen-bond donors (Lipinski definition) is 3. The predicted octanol–water partition coefficient (Wildman–Crippen LogP) is 3.03. The molecule has 0 radical (unpaired) electrons. The van der Waals surface area contributed by atoms with Crippen molar-refractivity contribution in [1.82, 2.24) is 15.3 Å². The van der Waals surface area contributed by atoms with Gasteiger partial charge in [-0.15, -0.1) is 0 Å². The summed E-state index contributed by atoms with van der Waals surface area (Å²) >= 11 is 0. The lowest BCUT2D eigenvalue weighted by Crippen LogP contribution is -2.33. The zero-order valence-corrected chi connectivity index (χ0v) is 17.8. The molecule has 0 spiro atoms.